The average molecular weight is 443 g/mol. The molecule has 0 spiro atoms. The maximum atomic E-state index is 13.1. The lowest BCUT2D eigenvalue weighted by Crippen LogP contribution is -2.38. The van der Waals surface area contributed by atoms with Crippen molar-refractivity contribution in [2.45, 2.75) is 122 Å². The molecular weight excluding hydrogens is 396 g/mol. The van der Waals surface area contributed by atoms with Gasteiger partial charge in [-0.15, -0.1) is 0 Å². The largest absolute Gasteiger partial charge is 0.339 e. The number of carbonyl (C=O) groups excluding carboxylic acids is 2. The van der Waals surface area contributed by atoms with Crippen molar-refractivity contribution in [3.05, 3.63) is 29.8 Å². The minimum atomic E-state index is 0.0153. The number of amides is 2. The summed E-state index contributed by atoms with van der Waals surface area (Å²) in [7, 11) is 1.90. The zero-order chi connectivity index (χ0) is 23.0. The molecule has 1 fully saturated rings. The summed E-state index contributed by atoms with van der Waals surface area (Å²) in [5.41, 5.74) is 1.25. The second kappa shape index (κ2) is 15.9. The fourth-order valence-electron chi connectivity index (χ4n) is 4.77. The predicted octanol–water partition coefficient (Wildman–Crippen LogP) is 7.73. The van der Waals surface area contributed by atoms with Crippen molar-refractivity contribution >= 4 is 17.5 Å². The lowest BCUT2D eigenvalue weighted by atomic mass is 9.94. The third kappa shape index (κ3) is 9.75. The Hall–Kier alpha value is -1.84. The van der Waals surface area contributed by atoms with Crippen LogP contribution in [0.25, 0.3) is 0 Å². The summed E-state index contributed by atoms with van der Waals surface area (Å²) in [4.78, 5) is 27.4. The van der Waals surface area contributed by atoms with E-state index >= 15 is 0 Å². The first-order chi connectivity index (χ1) is 15.6. The molecule has 0 bridgehead atoms. The summed E-state index contributed by atoms with van der Waals surface area (Å²) < 4.78 is 0. The van der Waals surface area contributed by atoms with Crippen molar-refractivity contribution in [1.29, 1.82) is 0 Å². The van der Waals surface area contributed by atoms with E-state index in [0.29, 0.717) is 23.7 Å². The quantitative estimate of drug-likeness (QED) is 0.282. The molecule has 0 aromatic heterocycles. The zero-order valence-corrected chi connectivity index (χ0v) is 20.7. The van der Waals surface area contributed by atoms with E-state index in [0.717, 1.165) is 25.7 Å². The Labute approximate surface area is 196 Å². The van der Waals surface area contributed by atoms with Crippen LogP contribution in [0.1, 0.15) is 126 Å². The molecular formula is C28H46N2O2. The van der Waals surface area contributed by atoms with Gasteiger partial charge in [0.1, 0.15) is 0 Å². The molecule has 1 saturated carbocycles. The Kier molecular flexibility index (Phi) is 13.1. The molecule has 1 aromatic carbocycles. The normalized spacial score (nSPS) is 14.3. The van der Waals surface area contributed by atoms with Crippen molar-refractivity contribution in [3.8, 4) is 0 Å². The molecule has 1 N–H and O–H groups in total. The number of benzene rings is 1. The minimum absolute atomic E-state index is 0.0153. The molecule has 0 heterocycles. The second-order valence-corrected chi connectivity index (χ2v) is 9.59. The van der Waals surface area contributed by atoms with Gasteiger partial charge in [-0.05, 0) is 31.4 Å². The summed E-state index contributed by atoms with van der Waals surface area (Å²) in [6.45, 7) is 2.26. The van der Waals surface area contributed by atoms with Crippen LogP contribution in [0.2, 0.25) is 0 Å². The van der Waals surface area contributed by atoms with E-state index in [1.165, 1.54) is 77.0 Å². The van der Waals surface area contributed by atoms with Crippen molar-refractivity contribution < 1.29 is 9.59 Å². The highest BCUT2D eigenvalue weighted by Crippen LogP contribution is 2.25. The van der Waals surface area contributed by atoms with Crippen LogP contribution < -0.4 is 5.32 Å². The number of anilines is 1. The SMILES string of the molecule is CCCCCCCCCCCCCC(=O)Nc1ccccc1C(=O)N(C)C1CCCCC1. The van der Waals surface area contributed by atoms with Gasteiger partial charge in [-0.25, -0.2) is 0 Å². The molecule has 0 atom stereocenters. The van der Waals surface area contributed by atoms with Gasteiger partial charge in [0.05, 0.1) is 11.3 Å². The Balaban J connectivity index is 1.66. The van der Waals surface area contributed by atoms with Crippen LogP contribution in [0.5, 0.6) is 0 Å². The monoisotopic (exact) mass is 442 g/mol. The van der Waals surface area contributed by atoms with Gasteiger partial charge in [0, 0.05) is 19.5 Å². The number of rotatable bonds is 15. The number of para-hydroxylation sites is 1. The molecule has 32 heavy (non-hydrogen) atoms. The predicted molar refractivity (Wildman–Crippen MR) is 135 cm³/mol. The Morgan fingerprint density at radius 1 is 0.844 bits per heavy atom. The highest BCUT2D eigenvalue weighted by Gasteiger charge is 2.24. The molecule has 1 aromatic rings. The standard InChI is InChI=1S/C28H46N2O2/c1-3-4-5-6-7-8-9-10-11-12-16-23-27(31)29-26-22-18-17-21-25(26)28(32)30(2)24-19-14-13-15-20-24/h17-18,21-22,24H,3-16,19-20,23H2,1-2H3,(H,29,31). The summed E-state index contributed by atoms with van der Waals surface area (Å²) in [6.07, 6.45) is 20.4. The zero-order valence-electron chi connectivity index (χ0n) is 20.7. The van der Waals surface area contributed by atoms with Gasteiger partial charge in [0.2, 0.25) is 5.91 Å². The van der Waals surface area contributed by atoms with Crippen LogP contribution in [0.3, 0.4) is 0 Å². The van der Waals surface area contributed by atoms with Crippen LogP contribution in [0.4, 0.5) is 5.69 Å². The number of hydrogen-bond acceptors (Lipinski definition) is 2. The summed E-state index contributed by atoms with van der Waals surface area (Å²) in [5, 5.41) is 3.00. The molecule has 2 rings (SSSR count). The minimum Gasteiger partial charge on any atom is -0.339 e. The molecule has 0 radical (unpaired) electrons. The highest BCUT2D eigenvalue weighted by molar-refractivity contribution is 6.03. The molecule has 2 amide bonds. The average Bonchev–Trinajstić information content (AvgIpc) is 2.82. The third-order valence-electron chi connectivity index (χ3n) is 6.88. The van der Waals surface area contributed by atoms with Crippen molar-refractivity contribution in [3.63, 3.8) is 0 Å². The molecule has 0 saturated heterocycles. The summed E-state index contributed by atoms with van der Waals surface area (Å²) in [5.74, 6) is 0.0315. The van der Waals surface area contributed by atoms with Gasteiger partial charge in [-0.3, -0.25) is 9.59 Å². The van der Waals surface area contributed by atoms with Gasteiger partial charge in [0.25, 0.3) is 5.91 Å². The summed E-state index contributed by atoms with van der Waals surface area (Å²) >= 11 is 0. The van der Waals surface area contributed by atoms with E-state index in [2.05, 4.69) is 12.2 Å². The molecule has 1 aliphatic carbocycles. The molecule has 1 aliphatic rings. The molecule has 180 valence electrons. The Morgan fingerprint density at radius 3 is 2.03 bits per heavy atom. The van der Waals surface area contributed by atoms with E-state index in [1.54, 1.807) is 0 Å². The van der Waals surface area contributed by atoms with Crippen LogP contribution in [0, 0.1) is 0 Å². The molecule has 4 nitrogen and oxygen atoms in total. The lowest BCUT2D eigenvalue weighted by Gasteiger charge is -2.31. The van der Waals surface area contributed by atoms with E-state index < -0.39 is 0 Å². The van der Waals surface area contributed by atoms with Crippen LogP contribution in [-0.4, -0.2) is 29.8 Å². The number of carbonyl (C=O) groups is 2. The van der Waals surface area contributed by atoms with Crippen LogP contribution in [0.15, 0.2) is 24.3 Å². The number of unbranched alkanes of at least 4 members (excludes halogenated alkanes) is 10. The van der Waals surface area contributed by atoms with E-state index in [1.807, 2.05) is 36.2 Å². The van der Waals surface area contributed by atoms with Gasteiger partial charge in [0.15, 0.2) is 0 Å². The maximum Gasteiger partial charge on any atom is 0.255 e. The van der Waals surface area contributed by atoms with Gasteiger partial charge in [-0.2, -0.15) is 0 Å². The van der Waals surface area contributed by atoms with E-state index in [9.17, 15) is 9.59 Å². The van der Waals surface area contributed by atoms with Crippen molar-refractivity contribution in [2.75, 3.05) is 12.4 Å². The first-order valence-electron chi connectivity index (χ1n) is 13.3. The Morgan fingerprint density at radius 2 is 1.41 bits per heavy atom. The smallest absolute Gasteiger partial charge is 0.255 e. The van der Waals surface area contributed by atoms with Gasteiger partial charge >= 0.3 is 0 Å². The van der Waals surface area contributed by atoms with E-state index in [4.69, 9.17) is 0 Å². The summed E-state index contributed by atoms with van der Waals surface area (Å²) in [6, 6.07) is 7.76. The number of hydrogen-bond donors (Lipinski definition) is 1. The third-order valence-corrected chi connectivity index (χ3v) is 6.88. The van der Waals surface area contributed by atoms with Crippen LogP contribution in [-0.2, 0) is 4.79 Å². The van der Waals surface area contributed by atoms with Crippen molar-refractivity contribution in [2.24, 2.45) is 0 Å². The Bertz CT molecular complexity index is 667. The van der Waals surface area contributed by atoms with Gasteiger partial charge in [-0.1, -0.05) is 103 Å². The molecule has 4 heteroatoms. The first-order valence-corrected chi connectivity index (χ1v) is 13.3. The fraction of sp³-hybridized carbons (Fsp3) is 0.714. The topological polar surface area (TPSA) is 49.4 Å². The highest BCUT2D eigenvalue weighted by atomic mass is 16.2. The molecule has 0 unspecified atom stereocenters. The van der Waals surface area contributed by atoms with Gasteiger partial charge < -0.3 is 10.2 Å². The number of nitrogens with zero attached hydrogens (tertiary/aromatic N) is 1. The maximum absolute atomic E-state index is 13.1. The van der Waals surface area contributed by atoms with Crippen LogP contribution >= 0.6 is 0 Å². The first kappa shape index (κ1) is 26.4. The molecule has 0 aliphatic heterocycles. The fourth-order valence-corrected chi connectivity index (χ4v) is 4.77. The number of nitrogens with one attached hydrogen (secondary N) is 1. The second-order valence-electron chi connectivity index (χ2n) is 9.59. The lowest BCUT2D eigenvalue weighted by molar-refractivity contribution is -0.116. The van der Waals surface area contributed by atoms with Crippen molar-refractivity contribution in [1.82, 2.24) is 4.90 Å². The van der Waals surface area contributed by atoms with E-state index in [-0.39, 0.29) is 11.8 Å².